The van der Waals surface area contributed by atoms with Gasteiger partial charge in [0.25, 0.3) is 0 Å². The number of hydrogen-bond acceptors (Lipinski definition) is 1. The summed E-state index contributed by atoms with van der Waals surface area (Å²) >= 11 is 0. The van der Waals surface area contributed by atoms with E-state index in [0.717, 1.165) is 19.0 Å². The van der Waals surface area contributed by atoms with Crippen molar-refractivity contribution in [2.75, 3.05) is 13.1 Å². The Kier molecular flexibility index (Phi) is 5.10. The van der Waals surface area contributed by atoms with Gasteiger partial charge in [-0.25, -0.2) is 0 Å². The van der Waals surface area contributed by atoms with Crippen molar-refractivity contribution in [3.8, 4) is 0 Å². The lowest BCUT2D eigenvalue weighted by Gasteiger charge is -2.37. The molecule has 1 N–H and O–H groups in total. The van der Waals surface area contributed by atoms with Gasteiger partial charge in [-0.2, -0.15) is 0 Å². The molecular formula is C14H25N. The minimum absolute atomic E-state index is 0.362. The average molecular weight is 207 g/mol. The Hall–Kier alpha value is -0.560. The van der Waals surface area contributed by atoms with Gasteiger partial charge < -0.3 is 5.32 Å². The molecule has 0 radical (unpaired) electrons. The maximum Gasteiger partial charge on any atom is 0.00698 e. The van der Waals surface area contributed by atoms with E-state index in [4.69, 9.17) is 0 Å². The van der Waals surface area contributed by atoms with Crippen molar-refractivity contribution in [2.45, 2.75) is 40.0 Å². The molecule has 0 aromatic carbocycles. The van der Waals surface area contributed by atoms with Crippen LogP contribution in [0.15, 0.2) is 24.3 Å². The topological polar surface area (TPSA) is 12.0 Å². The molecule has 1 aliphatic carbocycles. The molecule has 1 aliphatic rings. The highest BCUT2D eigenvalue weighted by atomic mass is 14.9. The van der Waals surface area contributed by atoms with E-state index < -0.39 is 0 Å². The third kappa shape index (κ3) is 3.20. The second kappa shape index (κ2) is 6.12. The van der Waals surface area contributed by atoms with E-state index in [0.29, 0.717) is 5.41 Å². The van der Waals surface area contributed by atoms with E-state index in [1.165, 1.54) is 19.3 Å². The Labute approximate surface area is 94.6 Å². The Morgan fingerprint density at radius 1 is 1.33 bits per heavy atom. The molecule has 1 nitrogen and oxygen atoms in total. The van der Waals surface area contributed by atoms with E-state index in [9.17, 15) is 0 Å². The standard InChI is InChI=1S/C14H25N/c1-4-9-13(3)14(12-15-5-2)10-7-6-8-11-14/h6-8,10,13,15H,4-5,9,11-12H2,1-3H3. The molecule has 15 heavy (non-hydrogen) atoms. The highest BCUT2D eigenvalue weighted by molar-refractivity contribution is 5.18. The van der Waals surface area contributed by atoms with Crippen molar-refractivity contribution < 1.29 is 0 Å². The first kappa shape index (κ1) is 12.5. The van der Waals surface area contributed by atoms with Gasteiger partial charge in [0.15, 0.2) is 0 Å². The third-order valence-electron chi connectivity index (χ3n) is 3.58. The van der Waals surface area contributed by atoms with Crippen molar-refractivity contribution in [2.24, 2.45) is 11.3 Å². The van der Waals surface area contributed by atoms with Gasteiger partial charge >= 0.3 is 0 Å². The normalized spacial score (nSPS) is 26.9. The minimum Gasteiger partial charge on any atom is -0.316 e. The Morgan fingerprint density at radius 2 is 2.13 bits per heavy atom. The van der Waals surface area contributed by atoms with Crippen molar-refractivity contribution in [1.29, 1.82) is 0 Å². The zero-order chi connectivity index (χ0) is 11.1. The van der Waals surface area contributed by atoms with Gasteiger partial charge in [0.2, 0.25) is 0 Å². The van der Waals surface area contributed by atoms with E-state index >= 15 is 0 Å². The molecule has 86 valence electrons. The quantitative estimate of drug-likeness (QED) is 0.702. The van der Waals surface area contributed by atoms with Crippen LogP contribution in [0, 0.1) is 11.3 Å². The van der Waals surface area contributed by atoms with Crippen LogP contribution in [0.25, 0.3) is 0 Å². The van der Waals surface area contributed by atoms with Crippen LogP contribution in [0.2, 0.25) is 0 Å². The first-order chi connectivity index (χ1) is 7.25. The van der Waals surface area contributed by atoms with Gasteiger partial charge in [0.05, 0.1) is 0 Å². The van der Waals surface area contributed by atoms with E-state index in [-0.39, 0.29) is 0 Å². The summed E-state index contributed by atoms with van der Waals surface area (Å²) in [4.78, 5) is 0. The summed E-state index contributed by atoms with van der Waals surface area (Å²) in [5, 5.41) is 3.51. The molecule has 0 bridgehead atoms. The largest absolute Gasteiger partial charge is 0.316 e. The van der Waals surface area contributed by atoms with Crippen molar-refractivity contribution in [3.05, 3.63) is 24.3 Å². The second-order valence-electron chi connectivity index (χ2n) is 4.69. The van der Waals surface area contributed by atoms with E-state index in [1.54, 1.807) is 0 Å². The summed E-state index contributed by atoms with van der Waals surface area (Å²) in [5.74, 6) is 0.766. The van der Waals surface area contributed by atoms with Crippen LogP contribution in [-0.4, -0.2) is 13.1 Å². The van der Waals surface area contributed by atoms with E-state index in [1.807, 2.05) is 0 Å². The van der Waals surface area contributed by atoms with Gasteiger partial charge in [-0.05, 0) is 18.9 Å². The van der Waals surface area contributed by atoms with Crippen LogP contribution in [0.3, 0.4) is 0 Å². The van der Waals surface area contributed by atoms with Gasteiger partial charge in [0.1, 0.15) is 0 Å². The summed E-state index contributed by atoms with van der Waals surface area (Å²) in [7, 11) is 0. The number of rotatable bonds is 6. The molecule has 1 rings (SSSR count). The van der Waals surface area contributed by atoms with Crippen LogP contribution >= 0.6 is 0 Å². The lowest BCUT2D eigenvalue weighted by Crippen LogP contribution is -2.38. The summed E-state index contributed by atoms with van der Waals surface area (Å²) in [6.07, 6.45) is 12.9. The zero-order valence-electron chi connectivity index (χ0n) is 10.4. The second-order valence-corrected chi connectivity index (χ2v) is 4.69. The fourth-order valence-corrected chi connectivity index (χ4v) is 2.43. The maximum absolute atomic E-state index is 3.51. The molecule has 0 spiro atoms. The summed E-state index contributed by atoms with van der Waals surface area (Å²) < 4.78 is 0. The SMILES string of the molecule is CCCC(C)C1(CNCC)C=CC=CC1. The van der Waals surface area contributed by atoms with Gasteiger partial charge in [-0.1, -0.05) is 57.9 Å². The molecule has 0 saturated carbocycles. The highest BCUT2D eigenvalue weighted by Crippen LogP contribution is 2.37. The van der Waals surface area contributed by atoms with E-state index in [2.05, 4.69) is 50.4 Å². The zero-order valence-corrected chi connectivity index (χ0v) is 10.4. The van der Waals surface area contributed by atoms with Crippen molar-refractivity contribution in [1.82, 2.24) is 5.32 Å². The third-order valence-corrected chi connectivity index (χ3v) is 3.58. The first-order valence-corrected chi connectivity index (χ1v) is 6.30. The lowest BCUT2D eigenvalue weighted by atomic mass is 9.70. The molecule has 2 unspecified atom stereocenters. The summed E-state index contributed by atoms with van der Waals surface area (Å²) in [6, 6.07) is 0. The number of nitrogens with one attached hydrogen (secondary N) is 1. The lowest BCUT2D eigenvalue weighted by molar-refractivity contribution is 0.223. The molecule has 0 aromatic heterocycles. The number of allylic oxidation sites excluding steroid dienone is 3. The first-order valence-electron chi connectivity index (χ1n) is 6.30. The highest BCUT2D eigenvalue weighted by Gasteiger charge is 2.32. The molecule has 0 amide bonds. The molecule has 0 saturated heterocycles. The Morgan fingerprint density at radius 3 is 2.67 bits per heavy atom. The summed E-state index contributed by atoms with van der Waals surface area (Å²) in [6.45, 7) is 9.04. The summed E-state index contributed by atoms with van der Waals surface area (Å²) in [5.41, 5.74) is 0.362. The van der Waals surface area contributed by atoms with Crippen LogP contribution in [-0.2, 0) is 0 Å². The monoisotopic (exact) mass is 207 g/mol. The average Bonchev–Trinajstić information content (AvgIpc) is 2.28. The van der Waals surface area contributed by atoms with Crippen LogP contribution < -0.4 is 5.32 Å². The van der Waals surface area contributed by atoms with Crippen LogP contribution in [0.1, 0.15) is 40.0 Å². The van der Waals surface area contributed by atoms with Crippen LogP contribution in [0.5, 0.6) is 0 Å². The molecule has 0 aromatic rings. The molecule has 0 aliphatic heterocycles. The molecular weight excluding hydrogens is 182 g/mol. The smallest absolute Gasteiger partial charge is 0.00698 e. The molecule has 0 fully saturated rings. The van der Waals surface area contributed by atoms with Crippen LogP contribution in [0.4, 0.5) is 0 Å². The Bertz CT molecular complexity index is 229. The molecule has 1 heteroatoms. The van der Waals surface area contributed by atoms with Gasteiger partial charge in [0, 0.05) is 12.0 Å². The molecule has 2 atom stereocenters. The van der Waals surface area contributed by atoms with Gasteiger partial charge in [-0.3, -0.25) is 0 Å². The fraction of sp³-hybridized carbons (Fsp3) is 0.714. The predicted octanol–water partition coefficient (Wildman–Crippen LogP) is 3.53. The fourth-order valence-electron chi connectivity index (χ4n) is 2.43. The van der Waals surface area contributed by atoms with Gasteiger partial charge in [-0.15, -0.1) is 0 Å². The Balaban J connectivity index is 2.67. The van der Waals surface area contributed by atoms with Crippen molar-refractivity contribution >= 4 is 0 Å². The molecule has 0 heterocycles. The predicted molar refractivity (Wildman–Crippen MR) is 67.9 cm³/mol. The maximum atomic E-state index is 3.51. The van der Waals surface area contributed by atoms with Crippen molar-refractivity contribution in [3.63, 3.8) is 0 Å². The number of hydrogen-bond donors (Lipinski definition) is 1. The minimum atomic E-state index is 0.362.